The molecule has 0 saturated carbocycles. The molecule has 2 aromatic carbocycles. The molecule has 2 amide bonds. The van der Waals surface area contributed by atoms with Gasteiger partial charge in [0.05, 0.1) is 23.0 Å². The smallest absolute Gasteiger partial charge is 0.311 e. The molecule has 1 heterocycles. The van der Waals surface area contributed by atoms with E-state index in [2.05, 4.69) is 5.43 Å². The predicted octanol–water partition coefficient (Wildman–Crippen LogP) is 2.91. The van der Waals surface area contributed by atoms with Gasteiger partial charge >= 0.3 is 5.97 Å². The first-order chi connectivity index (χ1) is 13.8. The number of nitrogens with zero attached hydrogens (tertiary/aromatic N) is 1. The van der Waals surface area contributed by atoms with E-state index in [1.54, 1.807) is 30.3 Å². The Kier molecular flexibility index (Phi) is 6.51. The van der Waals surface area contributed by atoms with Crippen LogP contribution in [0.5, 0.6) is 0 Å². The molecule has 0 radical (unpaired) electrons. The molecule has 1 aliphatic rings. The number of benzene rings is 2. The lowest BCUT2D eigenvalue weighted by atomic mass is 10.1. The molecular weight excluding hydrogens is 419 g/mol. The van der Waals surface area contributed by atoms with Crippen LogP contribution in [0.3, 0.4) is 0 Å². The lowest BCUT2D eigenvalue weighted by Crippen LogP contribution is -2.43. The topological polar surface area (TPSA) is 92.8 Å². The highest BCUT2D eigenvalue weighted by molar-refractivity contribution is 6.33. The monoisotopic (exact) mass is 434 g/mol. The van der Waals surface area contributed by atoms with Crippen LogP contribution in [0, 0.1) is 5.92 Å². The van der Waals surface area contributed by atoms with Crippen molar-refractivity contribution in [3.8, 4) is 0 Å². The number of carbonyl (C=O) groups excluding carboxylic acids is 4. The highest BCUT2D eigenvalue weighted by Gasteiger charge is 2.37. The quantitative estimate of drug-likeness (QED) is 0.557. The van der Waals surface area contributed by atoms with Crippen LogP contribution >= 0.6 is 23.2 Å². The van der Waals surface area contributed by atoms with E-state index in [0.717, 1.165) is 5.01 Å². The summed E-state index contributed by atoms with van der Waals surface area (Å²) in [5, 5.41) is 1.79. The van der Waals surface area contributed by atoms with Gasteiger partial charge in [-0.2, -0.15) is 0 Å². The number of hydrogen-bond acceptors (Lipinski definition) is 5. The third-order valence-corrected chi connectivity index (χ3v) is 4.91. The Morgan fingerprint density at radius 2 is 1.76 bits per heavy atom. The van der Waals surface area contributed by atoms with Crippen molar-refractivity contribution in [3.05, 3.63) is 69.7 Å². The average Bonchev–Trinajstić information content (AvgIpc) is 3.07. The number of hydrazine groups is 1. The number of Topliss-reactive ketones (excluding diaryl/α,β-unsaturated/α-hetero) is 1. The first kappa shape index (κ1) is 20.8. The molecule has 150 valence electrons. The Bertz CT molecular complexity index is 962. The molecule has 0 spiro atoms. The number of ketones is 1. The summed E-state index contributed by atoms with van der Waals surface area (Å²) in [6, 6.07) is 12.6. The Morgan fingerprint density at radius 3 is 2.45 bits per heavy atom. The van der Waals surface area contributed by atoms with Crippen molar-refractivity contribution in [2.24, 2.45) is 5.92 Å². The molecule has 1 fully saturated rings. The summed E-state index contributed by atoms with van der Waals surface area (Å²) in [5.74, 6) is -2.85. The molecule has 1 saturated heterocycles. The molecule has 2 aromatic rings. The summed E-state index contributed by atoms with van der Waals surface area (Å²) in [5.41, 5.74) is 3.01. The number of hydrogen-bond donors (Lipinski definition) is 1. The molecular formula is C20H16Cl2N2O5. The van der Waals surface area contributed by atoms with Gasteiger partial charge in [-0.3, -0.25) is 29.6 Å². The molecule has 9 heteroatoms. The second-order valence-electron chi connectivity index (χ2n) is 6.36. The van der Waals surface area contributed by atoms with Gasteiger partial charge in [-0.1, -0.05) is 35.3 Å². The van der Waals surface area contributed by atoms with E-state index >= 15 is 0 Å². The minimum absolute atomic E-state index is 0.0526. The van der Waals surface area contributed by atoms with Crippen molar-refractivity contribution < 1.29 is 23.9 Å². The van der Waals surface area contributed by atoms with Gasteiger partial charge < -0.3 is 4.74 Å². The summed E-state index contributed by atoms with van der Waals surface area (Å²) in [6.07, 6.45) is -0.128. The van der Waals surface area contributed by atoms with Crippen molar-refractivity contribution in [1.29, 1.82) is 0 Å². The summed E-state index contributed by atoms with van der Waals surface area (Å²) >= 11 is 11.7. The van der Waals surface area contributed by atoms with Gasteiger partial charge in [-0.15, -0.1) is 0 Å². The van der Waals surface area contributed by atoms with Crippen molar-refractivity contribution in [1.82, 2.24) is 10.4 Å². The first-order valence-electron chi connectivity index (χ1n) is 8.66. The number of rotatable bonds is 6. The zero-order valence-corrected chi connectivity index (χ0v) is 16.6. The Morgan fingerprint density at radius 1 is 1.07 bits per heavy atom. The SMILES string of the molecule is O=C(COC(=O)[C@H]1CC(=O)N(NC(=O)c2ccccc2Cl)C1)c1ccc(Cl)cc1. The molecule has 1 N–H and O–H groups in total. The van der Waals surface area contributed by atoms with Gasteiger partial charge in [0.15, 0.2) is 12.4 Å². The van der Waals surface area contributed by atoms with E-state index in [0.29, 0.717) is 10.6 Å². The van der Waals surface area contributed by atoms with E-state index in [1.165, 1.54) is 18.2 Å². The van der Waals surface area contributed by atoms with Gasteiger partial charge in [0.2, 0.25) is 5.91 Å². The maximum absolute atomic E-state index is 12.3. The minimum Gasteiger partial charge on any atom is -0.457 e. The fourth-order valence-electron chi connectivity index (χ4n) is 2.78. The van der Waals surface area contributed by atoms with E-state index in [9.17, 15) is 19.2 Å². The second kappa shape index (κ2) is 9.07. The summed E-state index contributed by atoms with van der Waals surface area (Å²) in [4.78, 5) is 48.7. The van der Waals surface area contributed by atoms with Crippen molar-refractivity contribution in [3.63, 3.8) is 0 Å². The van der Waals surface area contributed by atoms with Crippen LogP contribution in [0.15, 0.2) is 48.5 Å². The molecule has 1 atom stereocenters. The van der Waals surface area contributed by atoms with Crippen molar-refractivity contribution in [2.75, 3.05) is 13.2 Å². The Labute approximate surface area is 176 Å². The van der Waals surface area contributed by atoms with Gasteiger partial charge in [0.25, 0.3) is 5.91 Å². The van der Waals surface area contributed by atoms with Gasteiger partial charge in [-0.25, -0.2) is 0 Å². The van der Waals surface area contributed by atoms with Gasteiger partial charge in [-0.05, 0) is 36.4 Å². The molecule has 0 aromatic heterocycles. The highest BCUT2D eigenvalue weighted by Crippen LogP contribution is 2.20. The fraction of sp³-hybridized carbons (Fsp3) is 0.200. The van der Waals surface area contributed by atoms with Crippen LogP contribution in [0.1, 0.15) is 27.1 Å². The molecule has 29 heavy (non-hydrogen) atoms. The van der Waals surface area contributed by atoms with Crippen molar-refractivity contribution >= 4 is 46.8 Å². The van der Waals surface area contributed by atoms with E-state index in [4.69, 9.17) is 27.9 Å². The maximum atomic E-state index is 12.3. The van der Waals surface area contributed by atoms with Crippen LogP contribution < -0.4 is 5.43 Å². The normalized spacial score (nSPS) is 15.9. The number of amides is 2. The first-order valence-corrected chi connectivity index (χ1v) is 9.42. The second-order valence-corrected chi connectivity index (χ2v) is 7.21. The molecule has 1 aliphatic heterocycles. The lowest BCUT2D eigenvalue weighted by molar-refractivity contribution is -0.147. The predicted molar refractivity (Wildman–Crippen MR) is 105 cm³/mol. The summed E-state index contributed by atoms with van der Waals surface area (Å²) in [7, 11) is 0. The number of halogens is 2. The average molecular weight is 435 g/mol. The van der Waals surface area contributed by atoms with Crippen molar-refractivity contribution in [2.45, 2.75) is 6.42 Å². The van der Waals surface area contributed by atoms with E-state index < -0.39 is 30.3 Å². The molecule has 0 bridgehead atoms. The van der Waals surface area contributed by atoms with Crippen LogP contribution in [0.4, 0.5) is 0 Å². The van der Waals surface area contributed by atoms with E-state index in [-0.39, 0.29) is 29.3 Å². The third kappa shape index (κ3) is 5.13. The van der Waals surface area contributed by atoms with E-state index in [1.807, 2.05) is 0 Å². The highest BCUT2D eigenvalue weighted by atomic mass is 35.5. The number of esters is 1. The number of nitrogens with one attached hydrogen (secondary N) is 1. The zero-order chi connectivity index (χ0) is 21.0. The molecule has 0 unspecified atom stereocenters. The molecule has 7 nitrogen and oxygen atoms in total. The molecule has 0 aliphatic carbocycles. The van der Waals surface area contributed by atoms with Crippen LogP contribution in [0.25, 0.3) is 0 Å². The van der Waals surface area contributed by atoms with Crippen LogP contribution in [0.2, 0.25) is 10.0 Å². The zero-order valence-electron chi connectivity index (χ0n) is 15.1. The summed E-state index contributed by atoms with van der Waals surface area (Å²) < 4.78 is 5.04. The van der Waals surface area contributed by atoms with Gasteiger partial charge in [0, 0.05) is 17.0 Å². The largest absolute Gasteiger partial charge is 0.457 e. The maximum Gasteiger partial charge on any atom is 0.311 e. The third-order valence-electron chi connectivity index (χ3n) is 4.33. The Hall–Kier alpha value is -2.90. The lowest BCUT2D eigenvalue weighted by Gasteiger charge is -2.18. The minimum atomic E-state index is -0.785. The Balaban J connectivity index is 1.53. The fourth-order valence-corrected chi connectivity index (χ4v) is 3.12. The summed E-state index contributed by atoms with van der Waals surface area (Å²) in [6.45, 7) is -0.500. The standard InChI is InChI=1S/C20H16Cl2N2O5/c21-14-7-5-12(6-8-14)17(25)11-29-20(28)13-9-18(26)24(10-13)23-19(27)15-3-1-2-4-16(15)22/h1-8,13H,9-11H2,(H,23,27)/t13-/m0/s1. The number of ether oxygens (including phenoxy) is 1. The number of carbonyl (C=O) groups is 4. The molecule has 3 rings (SSSR count). The van der Waals surface area contributed by atoms with Crippen LogP contribution in [-0.4, -0.2) is 41.7 Å². The van der Waals surface area contributed by atoms with Crippen LogP contribution in [-0.2, 0) is 14.3 Å². The van der Waals surface area contributed by atoms with Gasteiger partial charge in [0.1, 0.15) is 0 Å².